The van der Waals surface area contributed by atoms with Gasteiger partial charge in [-0.05, 0) is 26.4 Å². The number of carbonyl (C=O) groups excluding carboxylic acids is 1. The van der Waals surface area contributed by atoms with Crippen molar-refractivity contribution in [3.63, 3.8) is 0 Å². The molecule has 100 valence electrons. The number of carbonyl (C=O) groups is 1. The Bertz CT molecular complexity index is 621. The molecule has 1 atom stereocenters. The van der Waals surface area contributed by atoms with Gasteiger partial charge < -0.3 is 9.72 Å². The van der Waals surface area contributed by atoms with E-state index in [1.807, 2.05) is 10.6 Å². The third-order valence-electron chi connectivity index (χ3n) is 3.53. The number of rotatable bonds is 2. The average molecular weight is 259 g/mol. The van der Waals surface area contributed by atoms with Crippen molar-refractivity contribution in [1.82, 2.24) is 19.3 Å². The number of imidazole rings is 1. The zero-order valence-electron chi connectivity index (χ0n) is 11.1. The second-order valence-electron chi connectivity index (χ2n) is 5.02. The van der Waals surface area contributed by atoms with Crippen molar-refractivity contribution in [3.05, 3.63) is 24.3 Å². The minimum Gasteiger partial charge on any atom is -0.310 e. The van der Waals surface area contributed by atoms with Gasteiger partial charge in [-0.15, -0.1) is 0 Å². The maximum atomic E-state index is 11.0. The molecule has 19 heavy (non-hydrogen) atoms. The number of fused-ring (bicyclic) bond motifs is 1. The Morgan fingerprint density at radius 1 is 1.47 bits per heavy atom. The summed E-state index contributed by atoms with van der Waals surface area (Å²) in [5.41, 5.74) is 1.88. The summed E-state index contributed by atoms with van der Waals surface area (Å²) in [6.07, 6.45) is 7.86. The van der Waals surface area contributed by atoms with Crippen LogP contribution in [-0.2, 0) is 4.79 Å². The molecule has 6 heteroatoms. The standard InChI is InChI=1S/C13H17N5O/c1-9(19)15-12-8-18-7-10(16-13(18)6-14-12)11-4-3-5-17(11)2/h6-8,11H,3-5H2,1-2H3,(H,15,19)/t11-/m1/s1. The van der Waals surface area contributed by atoms with Crippen LogP contribution in [0.15, 0.2) is 18.6 Å². The molecule has 3 heterocycles. The largest absolute Gasteiger partial charge is 0.310 e. The van der Waals surface area contributed by atoms with Crippen LogP contribution >= 0.6 is 0 Å². The summed E-state index contributed by atoms with van der Waals surface area (Å²) >= 11 is 0. The molecule has 0 aromatic carbocycles. The van der Waals surface area contributed by atoms with Gasteiger partial charge in [0.15, 0.2) is 5.65 Å². The molecule has 1 amide bonds. The van der Waals surface area contributed by atoms with Crippen molar-refractivity contribution in [2.24, 2.45) is 0 Å². The lowest BCUT2D eigenvalue weighted by molar-refractivity contribution is -0.114. The maximum absolute atomic E-state index is 11.0. The molecule has 1 saturated heterocycles. The third-order valence-corrected chi connectivity index (χ3v) is 3.53. The van der Waals surface area contributed by atoms with Crippen LogP contribution < -0.4 is 5.32 Å². The van der Waals surface area contributed by atoms with E-state index in [0.717, 1.165) is 24.3 Å². The van der Waals surface area contributed by atoms with Gasteiger partial charge in [0, 0.05) is 13.1 Å². The Morgan fingerprint density at radius 3 is 3.00 bits per heavy atom. The van der Waals surface area contributed by atoms with E-state index in [1.165, 1.54) is 13.3 Å². The molecule has 6 nitrogen and oxygen atoms in total. The van der Waals surface area contributed by atoms with Crippen molar-refractivity contribution in [3.8, 4) is 0 Å². The van der Waals surface area contributed by atoms with Gasteiger partial charge in [-0.25, -0.2) is 9.97 Å². The number of hydrogen-bond donors (Lipinski definition) is 1. The highest BCUT2D eigenvalue weighted by atomic mass is 16.1. The highest BCUT2D eigenvalue weighted by molar-refractivity contribution is 5.87. The predicted octanol–water partition coefficient (Wildman–Crippen LogP) is 1.45. The lowest BCUT2D eigenvalue weighted by Crippen LogP contribution is -2.17. The quantitative estimate of drug-likeness (QED) is 0.886. The van der Waals surface area contributed by atoms with Crippen molar-refractivity contribution in [2.45, 2.75) is 25.8 Å². The average Bonchev–Trinajstić information content (AvgIpc) is 2.93. The second kappa shape index (κ2) is 4.62. The molecular formula is C13H17N5O. The molecule has 1 N–H and O–H groups in total. The molecular weight excluding hydrogens is 242 g/mol. The molecule has 1 aliphatic rings. The van der Waals surface area contributed by atoms with Crippen molar-refractivity contribution >= 4 is 17.4 Å². The van der Waals surface area contributed by atoms with E-state index in [1.54, 1.807) is 12.4 Å². The summed E-state index contributed by atoms with van der Waals surface area (Å²) in [6, 6.07) is 0.393. The Morgan fingerprint density at radius 2 is 2.32 bits per heavy atom. The second-order valence-corrected chi connectivity index (χ2v) is 5.02. The molecule has 0 saturated carbocycles. The topological polar surface area (TPSA) is 62.5 Å². The van der Waals surface area contributed by atoms with Crippen molar-refractivity contribution < 1.29 is 4.79 Å². The molecule has 0 unspecified atom stereocenters. The Hall–Kier alpha value is -1.95. The number of anilines is 1. The number of hydrogen-bond acceptors (Lipinski definition) is 4. The highest BCUT2D eigenvalue weighted by Gasteiger charge is 2.24. The van der Waals surface area contributed by atoms with Gasteiger partial charge in [-0.1, -0.05) is 0 Å². The van der Waals surface area contributed by atoms with Crippen LogP contribution in [0.3, 0.4) is 0 Å². The summed E-state index contributed by atoms with van der Waals surface area (Å²) in [5.74, 6) is 0.423. The zero-order valence-corrected chi connectivity index (χ0v) is 11.1. The Kier molecular flexibility index (Phi) is 2.94. The molecule has 2 aromatic rings. The van der Waals surface area contributed by atoms with Gasteiger partial charge >= 0.3 is 0 Å². The summed E-state index contributed by atoms with van der Waals surface area (Å²) in [6.45, 7) is 2.59. The van der Waals surface area contributed by atoms with Crippen LogP contribution in [0.2, 0.25) is 0 Å². The number of amides is 1. The molecule has 2 aromatic heterocycles. The molecule has 0 aliphatic carbocycles. The third kappa shape index (κ3) is 2.31. The van der Waals surface area contributed by atoms with Crippen LogP contribution in [0.1, 0.15) is 31.5 Å². The van der Waals surface area contributed by atoms with Crippen LogP contribution in [0, 0.1) is 0 Å². The van der Waals surface area contributed by atoms with E-state index in [-0.39, 0.29) is 5.91 Å². The van der Waals surface area contributed by atoms with Gasteiger partial charge in [-0.3, -0.25) is 9.69 Å². The Labute approximate surface area is 111 Å². The molecule has 3 rings (SSSR count). The van der Waals surface area contributed by atoms with Crippen LogP contribution in [-0.4, -0.2) is 38.8 Å². The van der Waals surface area contributed by atoms with Gasteiger partial charge in [0.1, 0.15) is 5.82 Å². The first-order valence-corrected chi connectivity index (χ1v) is 6.46. The van der Waals surface area contributed by atoms with Gasteiger partial charge in [0.05, 0.1) is 24.1 Å². The lowest BCUT2D eigenvalue weighted by atomic mass is 10.2. The van der Waals surface area contributed by atoms with E-state index >= 15 is 0 Å². The first-order valence-electron chi connectivity index (χ1n) is 6.46. The van der Waals surface area contributed by atoms with E-state index < -0.39 is 0 Å². The number of nitrogens with one attached hydrogen (secondary N) is 1. The summed E-state index contributed by atoms with van der Waals surface area (Å²) in [4.78, 5) is 22.1. The van der Waals surface area contributed by atoms with Gasteiger partial charge in [-0.2, -0.15) is 0 Å². The molecule has 0 radical (unpaired) electrons. The molecule has 0 bridgehead atoms. The first-order chi connectivity index (χ1) is 9.13. The first kappa shape index (κ1) is 12.1. The maximum Gasteiger partial charge on any atom is 0.222 e. The number of aromatic nitrogens is 3. The highest BCUT2D eigenvalue weighted by Crippen LogP contribution is 2.29. The normalized spacial score (nSPS) is 20.0. The monoisotopic (exact) mass is 259 g/mol. The number of likely N-dealkylation sites (tertiary alicyclic amines) is 1. The molecule has 1 fully saturated rings. The SMILES string of the molecule is CC(=O)Nc1cn2cc([C@H]3CCCN3C)nc2cn1. The van der Waals surface area contributed by atoms with Crippen molar-refractivity contribution in [1.29, 1.82) is 0 Å². The van der Waals surface area contributed by atoms with Crippen LogP contribution in [0.4, 0.5) is 5.82 Å². The van der Waals surface area contributed by atoms with Crippen LogP contribution in [0.5, 0.6) is 0 Å². The fourth-order valence-corrected chi connectivity index (χ4v) is 2.61. The van der Waals surface area contributed by atoms with Crippen molar-refractivity contribution in [2.75, 3.05) is 18.9 Å². The summed E-state index contributed by atoms with van der Waals surface area (Å²) in [7, 11) is 2.13. The van der Waals surface area contributed by atoms with E-state index in [2.05, 4.69) is 27.2 Å². The van der Waals surface area contributed by atoms with Gasteiger partial charge in [0.25, 0.3) is 0 Å². The zero-order chi connectivity index (χ0) is 13.4. The molecule has 1 aliphatic heterocycles. The van der Waals surface area contributed by atoms with E-state index in [9.17, 15) is 4.79 Å². The van der Waals surface area contributed by atoms with Gasteiger partial charge in [0.2, 0.25) is 5.91 Å². The minimum absolute atomic E-state index is 0.122. The fraction of sp³-hybridized carbons (Fsp3) is 0.462. The summed E-state index contributed by atoms with van der Waals surface area (Å²) in [5, 5.41) is 2.68. The van der Waals surface area contributed by atoms with E-state index in [4.69, 9.17) is 0 Å². The van der Waals surface area contributed by atoms with E-state index in [0.29, 0.717) is 11.9 Å². The smallest absolute Gasteiger partial charge is 0.222 e. The minimum atomic E-state index is -0.122. The summed E-state index contributed by atoms with van der Waals surface area (Å²) < 4.78 is 1.92. The fourth-order valence-electron chi connectivity index (χ4n) is 2.61. The lowest BCUT2D eigenvalue weighted by Gasteiger charge is -2.16. The predicted molar refractivity (Wildman–Crippen MR) is 71.9 cm³/mol. The number of nitrogens with zero attached hydrogens (tertiary/aromatic N) is 4. The van der Waals surface area contributed by atoms with Crippen LogP contribution in [0.25, 0.3) is 5.65 Å². The Balaban J connectivity index is 1.94. The molecule has 0 spiro atoms.